The summed E-state index contributed by atoms with van der Waals surface area (Å²) >= 11 is 0. The van der Waals surface area contributed by atoms with Gasteiger partial charge < -0.3 is 4.74 Å². The maximum Gasteiger partial charge on any atom is 0.416 e. The number of imide groups is 1. The van der Waals surface area contributed by atoms with Crippen LogP contribution in [0.15, 0.2) is 55.1 Å². The first-order valence-electron chi connectivity index (χ1n) is 8.61. The summed E-state index contributed by atoms with van der Waals surface area (Å²) in [5, 5.41) is 0. The molecule has 4 nitrogen and oxygen atoms in total. The van der Waals surface area contributed by atoms with E-state index in [-0.39, 0.29) is 31.1 Å². The van der Waals surface area contributed by atoms with Crippen molar-refractivity contribution in [1.29, 1.82) is 0 Å². The molecule has 2 aromatic carbocycles. The molecule has 1 aliphatic heterocycles. The van der Waals surface area contributed by atoms with Crippen molar-refractivity contribution in [3.63, 3.8) is 0 Å². The summed E-state index contributed by atoms with van der Waals surface area (Å²) in [6.45, 7) is 3.92. The molecule has 0 unspecified atom stereocenters. The van der Waals surface area contributed by atoms with Crippen LogP contribution in [-0.2, 0) is 16.0 Å². The normalized spacial score (nSPS) is 16.3. The Balaban J connectivity index is 1.63. The van der Waals surface area contributed by atoms with E-state index in [2.05, 4.69) is 6.58 Å². The first-order valence-corrected chi connectivity index (χ1v) is 8.61. The lowest BCUT2D eigenvalue weighted by Gasteiger charge is -2.20. The van der Waals surface area contributed by atoms with Gasteiger partial charge in [0.25, 0.3) is 0 Å². The third-order valence-electron chi connectivity index (χ3n) is 4.50. The fourth-order valence-corrected chi connectivity index (χ4v) is 3.09. The average Bonchev–Trinajstić information content (AvgIpc) is 3.00. The zero-order valence-electron chi connectivity index (χ0n) is 14.7. The summed E-state index contributed by atoms with van der Waals surface area (Å²) in [5.74, 6) is -1.80. The number of halogens is 2. The second kappa shape index (κ2) is 8.12. The number of allylic oxidation sites excluding steroid dienone is 1. The molecule has 27 heavy (non-hydrogen) atoms. The monoisotopic (exact) mass is 371 g/mol. The standard InChI is InChI=1S/C21H19F2NO3/c1-14(18-9-8-16(22)12-19(18)23)7-10-20(25)24-17(13-27-21(24)26)11-15-5-3-2-4-6-15/h2-6,8-9,12,17H,1,7,10-11,13H2/t17-/m1/s1. The Bertz CT molecular complexity index is 867. The van der Waals surface area contributed by atoms with E-state index in [1.807, 2.05) is 30.3 Å². The van der Waals surface area contributed by atoms with Crippen LogP contribution in [0.3, 0.4) is 0 Å². The molecule has 2 aromatic rings. The Morgan fingerprint density at radius 3 is 2.59 bits per heavy atom. The Labute approximate surface area is 156 Å². The zero-order chi connectivity index (χ0) is 19.4. The second-order valence-electron chi connectivity index (χ2n) is 6.41. The molecule has 0 bridgehead atoms. The van der Waals surface area contributed by atoms with Gasteiger partial charge >= 0.3 is 6.09 Å². The van der Waals surface area contributed by atoms with Crippen LogP contribution in [0.25, 0.3) is 5.57 Å². The lowest BCUT2D eigenvalue weighted by molar-refractivity contribution is -0.129. The van der Waals surface area contributed by atoms with Crippen molar-refractivity contribution in [3.05, 3.63) is 77.9 Å². The van der Waals surface area contributed by atoms with Gasteiger partial charge in [-0.05, 0) is 36.1 Å². The molecule has 0 N–H and O–H groups in total. The van der Waals surface area contributed by atoms with E-state index in [1.54, 1.807) is 0 Å². The van der Waals surface area contributed by atoms with Crippen LogP contribution in [0.1, 0.15) is 24.0 Å². The van der Waals surface area contributed by atoms with Gasteiger partial charge in [0.05, 0.1) is 6.04 Å². The number of benzene rings is 2. The number of carbonyl (C=O) groups excluding carboxylic acids is 2. The number of cyclic esters (lactones) is 1. The van der Waals surface area contributed by atoms with E-state index in [4.69, 9.17) is 4.74 Å². The predicted octanol–water partition coefficient (Wildman–Crippen LogP) is 4.35. The quantitative estimate of drug-likeness (QED) is 0.759. The zero-order valence-corrected chi connectivity index (χ0v) is 14.7. The number of ether oxygens (including phenoxy) is 1. The Morgan fingerprint density at radius 2 is 1.89 bits per heavy atom. The SMILES string of the molecule is C=C(CCC(=O)N1C(=O)OC[C@H]1Cc1ccccc1)c1ccc(F)cc1F. The number of nitrogens with zero attached hydrogens (tertiary/aromatic N) is 1. The van der Waals surface area contributed by atoms with Gasteiger partial charge in [0.1, 0.15) is 18.2 Å². The molecular formula is C21H19F2NO3. The fourth-order valence-electron chi connectivity index (χ4n) is 3.09. The summed E-state index contributed by atoms with van der Waals surface area (Å²) in [6, 6.07) is 12.3. The van der Waals surface area contributed by atoms with E-state index >= 15 is 0 Å². The molecule has 2 amide bonds. The molecule has 1 atom stereocenters. The van der Waals surface area contributed by atoms with Crippen LogP contribution in [0, 0.1) is 11.6 Å². The van der Waals surface area contributed by atoms with E-state index in [1.165, 1.54) is 6.07 Å². The molecule has 0 spiro atoms. The highest BCUT2D eigenvalue weighted by Gasteiger charge is 2.37. The molecule has 3 rings (SSSR count). The van der Waals surface area contributed by atoms with Gasteiger partial charge in [0.2, 0.25) is 5.91 Å². The molecule has 1 fully saturated rings. The topological polar surface area (TPSA) is 46.6 Å². The van der Waals surface area contributed by atoms with Crippen molar-refractivity contribution in [2.45, 2.75) is 25.3 Å². The smallest absolute Gasteiger partial charge is 0.416 e. The van der Waals surface area contributed by atoms with Crippen LogP contribution >= 0.6 is 0 Å². The molecular weight excluding hydrogens is 352 g/mol. The Kier molecular flexibility index (Phi) is 5.64. The number of hydrogen-bond donors (Lipinski definition) is 0. The van der Waals surface area contributed by atoms with E-state index in [9.17, 15) is 18.4 Å². The number of amides is 2. The fraction of sp³-hybridized carbons (Fsp3) is 0.238. The molecule has 140 valence electrons. The van der Waals surface area contributed by atoms with Crippen LogP contribution in [-0.4, -0.2) is 29.5 Å². The molecule has 0 saturated carbocycles. The van der Waals surface area contributed by atoms with Gasteiger partial charge in [-0.15, -0.1) is 0 Å². The maximum absolute atomic E-state index is 13.8. The third kappa shape index (κ3) is 4.39. The van der Waals surface area contributed by atoms with Crippen molar-refractivity contribution in [3.8, 4) is 0 Å². The van der Waals surface area contributed by atoms with Crippen LogP contribution in [0.4, 0.5) is 13.6 Å². The maximum atomic E-state index is 13.8. The summed E-state index contributed by atoms with van der Waals surface area (Å²) in [7, 11) is 0. The molecule has 0 aliphatic carbocycles. The highest BCUT2D eigenvalue weighted by Crippen LogP contribution is 2.24. The summed E-state index contributed by atoms with van der Waals surface area (Å²) < 4.78 is 31.9. The van der Waals surface area contributed by atoms with E-state index in [0.717, 1.165) is 22.6 Å². The van der Waals surface area contributed by atoms with Crippen LogP contribution in [0.2, 0.25) is 0 Å². The predicted molar refractivity (Wildman–Crippen MR) is 96.8 cm³/mol. The summed E-state index contributed by atoms with van der Waals surface area (Å²) in [4.78, 5) is 25.7. The van der Waals surface area contributed by atoms with Gasteiger partial charge in [0.15, 0.2) is 0 Å². The third-order valence-corrected chi connectivity index (χ3v) is 4.50. The van der Waals surface area contributed by atoms with Gasteiger partial charge in [-0.1, -0.05) is 36.9 Å². The molecule has 1 saturated heterocycles. The lowest BCUT2D eigenvalue weighted by Crippen LogP contribution is -2.40. The van der Waals surface area contributed by atoms with E-state index in [0.29, 0.717) is 12.0 Å². The minimum atomic E-state index is -0.727. The average molecular weight is 371 g/mol. The van der Waals surface area contributed by atoms with Crippen molar-refractivity contribution in [2.24, 2.45) is 0 Å². The molecule has 1 aliphatic rings. The van der Waals surface area contributed by atoms with Crippen molar-refractivity contribution >= 4 is 17.6 Å². The number of carbonyl (C=O) groups is 2. The molecule has 1 heterocycles. The highest BCUT2D eigenvalue weighted by atomic mass is 19.1. The molecule has 0 radical (unpaired) electrons. The van der Waals surface area contributed by atoms with Gasteiger partial charge in [-0.2, -0.15) is 0 Å². The van der Waals surface area contributed by atoms with Gasteiger partial charge in [-0.3, -0.25) is 4.79 Å². The first kappa shape index (κ1) is 18.8. The van der Waals surface area contributed by atoms with Crippen molar-refractivity contribution < 1.29 is 23.1 Å². The van der Waals surface area contributed by atoms with Crippen LogP contribution < -0.4 is 0 Å². The first-order chi connectivity index (χ1) is 13.0. The van der Waals surface area contributed by atoms with Crippen molar-refractivity contribution in [2.75, 3.05) is 6.61 Å². The highest BCUT2D eigenvalue weighted by molar-refractivity contribution is 5.94. The molecule has 0 aromatic heterocycles. The minimum absolute atomic E-state index is 0.0178. The lowest BCUT2D eigenvalue weighted by atomic mass is 10.0. The van der Waals surface area contributed by atoms with Crippen molar-refractivity contribution in [1.82, 2.24) is 4.90 Å². The summed E-state index contributed by atoms with van der Waals surface area (Å²) in [6.07, 6.45) is -0.0232. The Hall–Kier alpha value is -3.02. The molecule has 6 heteroatoms. The second-order valence-corrected chi connectivity index (χ2v) is 6.41. The number of rotatable bonds is 6. The van der Waals surface area contributed by atoms with Gasteiger partial charge in [-0.25, -0.2) is 18.5 Å². The summed E-state index contributed by atoms with van der Waals surface area (Å²) in [5.41, 5.74) is 1.53. The largest absolute Gasteiger partial charge is 0.447 e. The van der Waals surface area contributed by atoms with E-state index < -0.39 is 23.6 Å². The Morgan fingerprint density at radius 1 is 1.15 bits per heavy atom. The van der Waals surface area contributed by atoms with Crippen LogP contribution in [0.5, 0.6) is 0 Å². The van der Waals surface area contributed by atoms with Gasteiger partial charge in [0, 0.05) is 18.1 Å². The minimum Gasteiger partial charge on any atom is -0.447 e. The number of hydrogen-bond acceptors (Lipinski definition) is 3.